The average Bonchev–Trinajstić information content (AvgIpc) is 2.30. The fraction of sp³-hybridized carbons (Fsp3) is 0.643. The number of nitrogens with one attached hydrogen (secondary N) is 1. The van der Waals surface area contributed by atoms with Crippen molar-refractivity contribution in [3.05, 3.63) is 30.1 Å². The summed E-state index contributed by atoms with van der Waals surface area (Å²) in [6, 6.07) is 4.34. The maximum atomic E-state index is 5.75. The molecule has 1 aromatic heterocycles. The summed E-state index contributed by atoms with van der Waals surface area (Å²) < 4.78 is 0. The number of rotatable bonds is 3. The molecule has 94 valence electrons. The Balaban J connectivity index is 2.13. The van der Waals surface area contributed by atoms with Crippen LogP contribution in [0.1, 0.15) is 44.7 Å². The third-order valence-electron chi connectivity index (χ3n) is 3.91. The van der Waals surface area contributed by atoms with Crippen LogP contribution in [0.15, 0.2) is 24.5 Å². The quantitative estimate of drug-likeness (QED) is 0.623. The molecule has 3 unspecified atom stereocenters. The van der Waals surface area contributed by atoms with E-state index in [4.69, 9.17) is 5.84 Å². The van der Waals surface area contributed by atoms with Gasteiger partial charge in [-0.25, -0.2) is 0 Å². The van der Waals surface area contributed by atoms with E-state index in [9.17, 15) is 0 Å². The van der Waals surface area contributed by atoms with Gasteiger partial charge in [0.2, 0.25) is 0 Å². The lowest BCUT2D eigenvalue weighted by Crippen LogP contribution is -2.37. The van der Waals surface area contributed by atoms with E-state index in [1.807, 2.05) is 18.5 Å². The molecule has 1 aliphatic carbocycles. The maximum absolute atomic E-state index is 5.75. The van der Waals surface area contributed by atoms with Gasteiger partial charge in [-0.3, -0.25) is 16.3 Å². The molecule has 1 aromatic rings. The van der Waals surface area contributed by atoms with E-state index < -0.39 is 0 Å². The van der Waals surface area contributed by atoms with Crippen LogP contribution in [-0.4, -0.2) is 4.98 Å². The second kappa shape index (κ2) is 5.61. The molecule has 2 rings (SSSR count). The summed E-state index contributed by atoms with van der Waals surface area (Å²) in [4.78, 5) is 4.19. The predicted octanol–water partition coefficient (Wildman–Crippen LogP) is 2.66. The van der Waals surface area contributed by atoms with E-state index in [2.05, 4.69) is 30.3 Å². The van der Waals surface area contributed by atoms with Crippen LogP contribution >= 0.6 is 0 Å². The lowest BCUT2D eigenvalue weighted by atomic mass is 9.73. The first kappa shape index (κ1) is 12.5. The van der Waals surface area contributed by atoms with E-state index in [0.29, 0.717) is 5.92 Å². The molecule has 1 heterocycles. The second-order valence-corrected chi connectivity index (χ2v) is 5.61. The molecule has 0 saturated heterocycles. The lowest BCUT2D eigenvalue weighted by Gasteiger charge is -2.36. The summed E-state index contributed by atoms with van der Waals surface area (Å²) in [5.41, 5.74) is 4.20. The van der Waals surface area contributed by atoms with Gasteiger partial charge in [0.1, 0.15) is 0 Å². The molecule has 0 radical (unpaired) electrons. The van der Waals surface area contributed by atoms with Crippen molar-refractivity contribution in [3.63, 3.8) is 0 Å². The zero-order valence-corrected chi connectivity index (χ0v) is 10.8. The SMILES string of the molecule is CC1CC(C)CC(C(NN)c2cccnc2)C1. The van der Waals surface area contributed by atoms with E-state index in [0.717, 1.165) is 11.8 Å². The Labute approximate surface area is 104 Å². The molecule has 17 heavy (non-hydrogen) atoms. The van der Waals surface area contributed by atoms with Crippen LogP contribution in [0.5, 0.6) is 0 Å². The highest BCUT2D eigenvalue weighted by Gasteiger charge is 2.30. The average molecular weight is 233 g/mol. The van der Waals surface area contributed by atoms with Gasteiger partial charge in [-0.05, 0) is 48.6 Å². The fourth-order valence-electron chi connectivity index (χ4n) is 3.35. The molecule has 0 aromatic carbocycles. The molecule has 3 N–H and O–H groups in total. The van der Waals surface area contributed by atoms with Crippen molar-refractivity contribution in [3.8, 4) is 0 Å². The van der Waals surface area contributed by atoms with Gasteiger partial charge in [0.25, 0.3) is 0 Å². The topological polar surface area (TPSA) is 50.9 Å². The standard InChI is InChI=1S/C14H23N3/c1-10-6-11(2)8-13(7-10)14(17-15)12-4-3-5-16-9-12/h3-5,9-11,13-14,17H,6-8,15H2,1-2H3. The molecule has 0 spiro atoms. The van der Waals surface area contributed by atoms with Crippen molar-refractivity contribution in [1.82, 2.24) is 10.4 Å². The summed E-state index contributed by atoms with van der Waals surface area (Å²) >= 11 is 0. The molecule has 3 atom stereocenters. The van der Waals surface area contributed by atoms with Crippen LogP contribution in [-0.2, 0) is 0 Å². The van der Waals surface area contributed by atoms with Gasteiger partial charge in [0.05, 0.1) is 6.04 Å². The minimum atomic E-state index is 0.244. The number of nitrogens with two attached hydrogens (primary N) is 1. The van der Waals surface area contributed by atoms with Crippen LogP contribution in [0, 0.1) is 17.8 Å². The van der Waals surface area contributed by atoms with E-state index in [-0.39, 0.29) is 6.04 Å². The fourth-order valence-corrected chi connectivity index (χ4v) is 3.35. The predicted molar refractivity (Wildman–Crippen MR) is 70.0 cm³/mol. The number of hydrazine groups is 1. The monoisotopic (exact) mass is 233 g/mol. The lowest BCUT2D eigenvalue weighted by molar-refractivity contribution is 0.177. The summed E-state index contributed by atoms with van der Waals surface area (Å²) in [7, 11) is 0. The third-order valence-corrected chi connectivity index (χ3v) is 3.91. The molecule has 0 amide bonds. The van der Waals surface area contributed by atoms with Gasteiger partial charge in [0, 0.05) is 12.4 Å². The number of aromatic nitrogens is 1. The Morgan fingerprint density at radius 3 is 2.53 bits per heavy atom. The highest BCUT2D eigenvalue weighted by molar-refractivity contribution is 5.15. The molecule has 1 fully saturated rings. The van der Waals surface area contributed by atoms with Crippen molar-refractivity contribution < 1.29 is 0 Å². The molecule has 3 heteroatoms. The summed E-state index contributed by atoms with van der Waals surface area (Å²) in [6.45, 7) is 4.69. The van der Waals surface area contributed by atoms with Gasteiger partial charge in [-0.15, -0.1) is 0 Å². The summed E-state index contributed by atoms with van der Waals surface area (Å²) in [5, 5.41) is 0. The molecule has 1 saturated carbocycles. The van der Waals surface area contributed by atoms with Crippen LogP contribution in [0.4, 0.5) is 0 Å². The van der Waals surface area contributed by atoms with Crippen molar-refractivity contribution in [2.24, 2.45) is 23.6 Å². The Morgan fingerprint density at radius 2 is 2.00 bits per heavy atom. The van der Waals surface area contributed by atoms with Gasteiger partial charge < -0.3 is 0 Å². The van der Waals surface area contributed by atoms with Crippen molar-refractivity contribution >= 4 is 0 Å². The first-order chi connectivity index (χ1) is 8.20. The minimum Gasteiger partial charge on any atom is -0.271 e. The second-order valence-electron chi connectivity index (χ2n) is 5.61. The Kier molecular flexibility index (Phi) is 4.13. The highest BCUT2D eigenvalue weighted by Crippen LogP contribution is 2.39. The van der Waals surface area contributed by atoms with Crippen LogP contribution in [0.2, 0.25) is 0 Å². The molecule has 0 aliphatic heterocycles. The van der Waals surface area contributed by atoms with Crippen molar-refractivity contribution in [2.75, 3.05) is 0 Å². The van der Waals surface area contributed by atoms with Gasteiger partial charge >= 0.3 is 0 Å². The smallest absolute Gasteiger partial charge is 0.0503 e. The summed E-state index contributed by atoms with van der Waals surface area (Å²) in [5.74, 6) is 7.98. The molecular formula is C14H23N3. The Bertz CT molecular complexity index is 329. The normalized spacial score (nSPS) is 31.1. The highest BCUT2D eigenvalue weighted by atomic mass is 15.2. The number of hydrogen-bond donors (Lipinski definition) is 2. The van der Waals surface area contributed by atoms with Crippen LogP contribution < -0.4 is 11.3 Å². The number of pyridine rings is 1. The van der Waals surface area contributed by atoms with Crippen molar-refractivity contribution in [1.29, 1.82) is 0 Å². The van der Waals surface area contributed by atoms with Gasteiger partial charge in [-0.2, -0.15) is 0 Å². The van der Waals surface area contributed by atoms with E-state index >= 15 is 0 Å². The molecule has 0 bridgehead atoms. The maximum Gasteiger partial charge on any atom is 0.0503 e. The zero-order valence-electron chi connectivity index (χ0n) is 10.8. The van der Waals surface area contributed by atoms with Crippen LogP contribution in [0.3, 0.4) is 0 Å². The van der Waals surface area contributed by atoms with Gasteiger partial charge in [-0.1, -0.05) is 19.9 Å². The summed E-state index contributed by atoms with van der Waals surface area (Å²) in [6.07, 6.45) is 7.60. The van der Waals surface area contributed by atoms with E-state index in [1.165, 1.54) is 24.8 Å². The Morgan fingerprint density at radius 1 is 1.29 bits per heavy atom. The molecular weight excluding hydrogens is 210 g/mol. The molecule has 3 nitrogen and oxygen atoms in total. The first-order valence-corrected chi connectivity index (χ1v) is 6.56. The first-order valence-electron chi connectivity index (χ1n) is 6.56. The van der Waals surface area contributed by atoms with Crippen molar-refractivity contribution in [2.45, 2.75) is 39.2 Å². The number of nitrogens with zero attached hydrogens (tertiary/aromatic N) is 1. The zero-order chi connectivity index (χ0) is 12.3. The Hall–Kier alpha value is -0.930. The third kappa shape index (κ3) is 3.05. The minimum absolute atomic E-state index is 0.244. The largest absolute Gasteiger partial charge is 0.271 e. The molecule has 1 aliphatic rings. The number of hydrogen-bond acceptors (Lipinski definition) is 3. The van der Waals surface area contributed by atoms with E-state index in [1.54, 1.807) is 0 Å². The van der Waals surface area contributed by atoms with Crippen LogP contribution in [0.25, 0.3) is 0 Å². The van der Waals surface area contributed by atoms with Gasteiger partial charge in [0.15, 0.2) is 0 Å².